The van der Waals surface area contributed by atoms with Crippen LogP contribution in [0.4, 0.5) is 11.6 Å². The molecule has 0 saturated heterocycles. The number of rotatable bonds is 6. The monoisotopic (exact) mass is 380 g/mol. The van der Waals surface area contributed by atoms with Crippen molar-refractivity contribution in [3.05, 3.63) is 82.6 Å². The van der Waals surface area contributed by atoms with Crippen LogP contribution in [0, 0.1) is 6.92 Å². The highest BCUT2D eigenvalue weighted by Crippen LogP contribution is 2.24. The van der Waals surface area contributed by atoms with Gasteiger partial charge in [-0.3, -0.25) is 4.79 Å². The fourth-order valence-corrected chi connectivity index (χ4v) is 2.85. The first-order chi connectivity index (χ1) is 13.1. The fraction of sp³-hybridized carbons (Fsp3) is 0.190. The summed E-state index contributed by atoms with van der Waals surface area (Å²) in [5, 5.41) is 3.80. The third-order valence-corrected chi connectivity index (χ3v) is 4.71. The van der Waals surface area contributed by atoms with Crippen LogP contribution in [0.25, 0.3) is 0 Å². The van der Waals surface area contributed by atoms with E-state index < -0.39 is 0 Å². The lowest BCUT2D eigenvalue weighted by atomic mass is 10.2. The number of carbonyl (C=O) groups excluding carboxylic acids is 1. The summed E-state index contributed by atoms with van der Waals surface area (Å²) in [7, 11) is 0. The Labute approximate surface area is 164 Å². The molecule has 0 aliphatic carbocycles. The van der Waals surface area contributed by atoms with Gasteiger partial charge in [-0.05, 0) is 37.1 Å². The van der Waals surface area contributed by atoms with Crippen molar-refractivity contribution in [3.8, 4) is 0 Å². The molecule has 1 heterocycles. The van der Waals surface area contributed by atoms with Gasteiger partial charge in [0.2, 0.25) is 5.95 Å². The predicted molar refractivity (Wildman–Crippen MR) is 108 cm³/mol. The highest BCUT2D eigenvalue weighted by atomic mass is 35.5. The van der Waals surface area contributed by atoms with Crippen LogP contribution >= 0.6 is 11.6 Å². The summed E-state index contributed by atoms with van der Waals surface area (Å²) in [4.78, 5) is 23.1. The van der Waals surface area contributed by atoms with Gasteiger partial charge in [0.1, 0.15) is 0 Å². The first kappa shape index (κ1) is 18.9. The van der Waals surface area contributed by atoms with Crippen LogP contribution < -0.4 is 5.32 Å². The van der Waals surface area contributed by atoms with Gasteiger partial charge < -0.3 is 10.2 Å². The predicted octanol–water partition coefficient (Wildman–Crippen LogP) is 4.84. The summed E-state index contributed by atoms with van der Waals surface area (Å²) in [5.41, 5.74) is 3.30. The van der Waals surface area contributed by atoms with Crippen molar-refractivity contribution >= 4 is 29.1 Å². The minimum absolute atomic E-state index is 0.0909. The number of hydrogen-bond donors (Lipinski definition) is 1. The van der Waals surface area contributed by atoms with Gasteiger partial charge in [0, 0.05) is 36.2 Å². The lowest BCUT2D eigenvalue weighted by Gasteiger charge is -2.21. The van der Waals surface area contributed by atoms with E-state index in [9.17, 15) is 4.79 Å². The van der Waals surface area contributed by atoms with Crippen LogP contribution in [0.5, 0.6) is 0 Å². The van der Waals surface area contributed by atoms with Crippen LogP contribution in [0.3, 0.4) is 0 Å². The third kappa shape index (κ3) is 4.63. The van der Waals surface area contributed by atoms with Crippen molar-refractivity contribution in [1.29, 1.82) is 0 Å². The maximum atomic E-state index is 12.8. The molecule has 3 rings (SSSR count). The SMILES string of the molecule is CCN(Cc1ccccc1)C(=O)c1cnc(Nc2cccc(Cl)c2C)nc1. The molecule has 27 heavy (non-hydrogen) atoms. The number of amides is 1. The molecule has 0 aliphatic heterocycles. The van der Waals surface area contributed by atoms with Crippen molar-refractivity contribution in [1.82, 2.24) is 14.9 Å². The first-order valence-electron chi connectivity index (χ1n) is 8.76. The number of nitrogens with zero attached hydrogens (tertiary/aromatic N) is 3. The number of aromatic nitrogens is 2. The van der Waals surface area contributed by atoms with Crippen molar-refractivity contribution in [3.63, 3.8) is 0 Å². The van der Waals surface area contributed by atoms with E-state index in [1.807, 2.05) is 62.4 Å². The standard InChI is InChI=1S/C21H21ClN4O/c1-3-26(14-16-8-5-4-6-9-16)20(27)17-12-23-21(24-13-17)25-19-11-7-10-18(22)15(19)2/h4-13H,3,14H2,1-2H3,(H,23,24,25). The van der Waals surface area contributed by atoms with E-state index in [2.05, 4.69) is 15.3 Å². The molecule has 0 atom stereocenters. The second-order valence-electron chi connectivity index (χ2n) is 6.14. The zero-order valence-electron chi connectivity index (χ0n) is 15.3. The number of anilines is 2. The maximum absolute atomic E-state index is 12.8. The largest absolute Gasteiger partial charge is 0.335 e. The lowest BCUT2D eigenvalue weighted by Crippen LogP contribution is -2.30. The molecule has 0 bridgehead atoms. The minimum Gasteiger partial charge on any atom is -0.335 e. The van der Waals surface area contributed by atoms with Crippen LogP contribution in [-0.4, -0.2) is 27.3 Å². The van der Waals surface area contributed by atoms with Gasteiger partial charge in [0.05, 0.1) is 5.56 Å². The summed E-state index contributed by atoms with van der Waals surface area (Å²) in [6, 6.07) is 15.5. The van der Waals surface area contributed by atoms with Crippen LogP contribution in [-0.2, 0) is 6.54 Å². The molecule has 1 aromatic heterocycles. The van der Waals surface area contributed by atoms with Crippen LogP contribution in [0.15, 0.2) is 60.9 Å². The van der Waals surface area contributed by atoms with Crippen molar-refractivity contribution < 1.29 is 4.79 Å². The average molecular weight is 381 g/mol. The molecule has 0 unspecified atom stereocenters. The molecule has 0 aliphatic rings. The molecular formula is C21H21ClN4O. The van der Waals surface area contributed by atoms with Crippen molar-refractivity contribution in [2.75, 3.05) is 11.9 Å². The Morgan fingerprint density at radius 2 is 1.78 bits per heavy atom. The van der Waals surface area contributed by atoms with Gasteiger partial charge >= 0.3 is 0 Å². The zero-order valence-corrected chi connectivity index (χ0v) is 16.1. The number of benzene rings is 2. The van der Waals surface area contributed by atoms with Gasteiger partial charge in [-0.2, -0.15) is 0 Å². The Hall–Kier alpha value is -2.92. The highest BCUT2D eigenvalue weighted by molar-refractivity contribution is 6.31. The smallest absolute Gasteiger partial charge is 0.257 e. The molecule has 138 valence electrons. The van der Waals surface area contributed by atoms with Gasteiger partial charge in [-0.15, -0.1) is 0 Å². The third-order valence-electron chi connectivity index (χ3n) is 4.30. The molecule has 2 aromatic carbocycles. The zero-order chi connectivity index (χ0) is 19.2. The topological polar surface area (TPSA) is 58.1 Å². The Kier molecular flexibility index (Phi) is 6.04. The second-order valence-corrected chi connectivity index (χ2v) is 6.54. The fourth-order valence-electron chi connectivity index (χ4n) is 2.68. The molecule has 5 nitrogen and oxygen atoms in total. The quantitative estimate of drug-likeness (QED) is 0.664. The Balaban J connectivity index is 1.72. The van der Waals surface area contributed by atoms with Crippen molar-refractivity contribution in [2.45, 2.75) is 20.4 Å². The Bertz CT molecular complexity index is 913. The normalized spacial score (nSPS) is 10.5. The van der Waals surface area contributed by atoms with Gasteiger partial charge in [-0.25, -0.2) is 9.97 Å². The van der Waals surface area contributed by atoms with E-state index in [4.69, 9.17) is 11.6 Å². The Morgan fingerprint density at radius 3 is 2.44 bits per heavy atom. The molecule has 6 heteroatoms. The van der Waals surface area contributed by atoms with E-state index in [1.54, 1.807) is 17.3 Å². The summed E-state index contributed by atoms with van der Waals surface area (Å²) in [6.45, 7) is 5.04. The van der Waals surface area contributed by atoms with Crippen molar-refractivity contribution in [2.24, 2.45) is 0 Å². The van der Waals surface area contributed by atoms with Gasteiger partial charge in [-0.1, -0.05) is 48.0 Å². The molecule has 1 amide bonds. The lowest BCUT2D eigenvalue weighted by molar-refractivity contribution is 0.0752. The molecule has 0 spiro atoms. The van der Waals surface area contributed by atoms with Crippen LogP contribution in [0.1, 0.15) is 28.4 Å². The number of nitrogens with one attached hydrogen (secondary N) is 1. The second kappa shape index (κ2) is 8.64. The summed E-state index contributed by atoms with van der Waals surface area (Å²) >= 11 is 6.13. The molecule has 3 aromatic rings. The van der Waals surface area contributed by atoms with E-state index in [0.29, 0.717) is 29.6 Å². The number of halogens is 1. The molecular weight excluding hydrogens is 360 g/mol. The summed E-state index contributed by atoms with van der Waals surface area (Å²) in [5.74, 6) is 0.329. The van der Waals surface area contributed by atoms with E-state index in [0.717, 1.165) is 16.8 Å². The molecule has 1 N–H and O–H groups in total. The van der Waals surface area contributed by atoms with E-state index in [1.165, 1.54) is 0 Å². The van der Waals surface area contributed by atoms with E-state index in [-0.39, 0.29) is 5.91 Å². The van der Waals surface area contributed by atoms with Gasteiger partial charge in [0.15, 0.2) is 0 Å². The number of hydrogen-bond acceptors (Lipinski definition) is 4. The molecule has 0 saturated carbocycles. The van der Waals surface area contributed by atoms with Crippen LogP contribution in [0.2, 0.25) is 5.02 Å². The summed E-state index contributed by atoms with van der Waals surface area (Å²) < 4.78 is 0. The highest BCUT2D eigenvalue weighted by Gasteiger charge is 2.15. The first-order valence-corrected chi connectivity index (χ1v) is 9.13. The molecule has 0 radical (unpaired) electrons. The molecule has 0 fully saturated rings. The Morgan fingerprint density at radius 1 is 1.07 bits per heavy atom. The minimum atomic E-state index is -0.0909. The summed E-state index contributed by atoms with van der Waals surface area (Å²) in [6.07, 6.45) is 3.09. The average Bonchev–Trinajstić information content (AvgIpc) is 2.70. The maximum Gasteiger partial charge on any atom is 0.257 e. The van der Waals surface area contributed by atoms with Gasteiger partial charge in [0.25, 0.3) is 5.91 Å². The van der Waals surface area contributed by atoms with E-state index >= 15 is 0 Å². The number of carbonyl (C=O) groups is 1.